The molecule has 0 atom stereocenters. The number of fused-ring (bicyclic) bond motifs is 1. The molecule has 0 amide bonds. The summed E-state index contributed by atoms with van der Waals surface area (Å²) in [5.41, 5.74) is 5.91. The van der Waals surface area contributed by atoms with E-state index in [1.54, 1.807) is 12.4 Å². The zero-order valence-electron chi connectivity index (χ0n) is 14.4. The Balaban J connectivity index is 1.45. The third-order valence-electron chi connectivity index (χ3n) is 4.46. The van der Waals surface area contributed by atoms with E-state index in [0.29, 0.717) is 6.54 Å². The third-order valence-corrected chi connectivity index (χ3v) is 4.46. The van der Waals surface area contributed by atoms with Crippen LogP contribution >= 0.6 is 0 Å². The zero-order valence-corrected chi connectivity index (χ0v) is 14.4. The quantitative estimate of drug-likeness (QED) is 0.532. The molecule has 1 N–H and O–H groups in total. The summed E-state index contributed by atoms with van der Waals surface area (Å²) in [6.45, 7) is 0.639. The second kappa shape index (κ2) is 6.49. The highest BCUT2D eigenvalue weighted by atomic mass is 15.3. The average Bonchev–Trinajstić information content (AvgIpc) is 3.32. The first-order chi connectivity index (χ1) is 13.4. The van der Waals surface area contributed by atoms with Gasteiger partial charge in [0.25, 0.3) is 0 Å². The van der Waals surface area contributed by atoms with Crippen LogP contribution in [0, 0.1) is 0 Å². The number of benzene rings is 1. The van der Waals surface area contributed by atoms with Crippen molar-refractivity contribution in [1.82, 2.24) is 29.7 Å². The van der Waals surface area contributed by atoms with Crippen LogP contribution in [0.4, 0.5) is 0 Å². The van der Waals surface area contributed by atoms with Crippen molar-refractivity contribution in [1.29, 1.82) is 0 Å². The molecule has 0 aliphatic carbocycles. The smallest absolute Gasteiger partial charge is 0.177 e. The van der Waals surface area contributed by atoms with Gasteiger partial charge in [0.15, 0.2) is 5.65 Å². The van der Waals surface area contributed by atoms with Gasteiger partial charge in [0.1, 0.15) is 11.3 Å². The molecule has 130 valence electrons. The van der Waals surface area contributed by atoms with Crippen LogP contribution < -0.4 is 0 Å². The van der Waals surface area contributed by atoms with Crippen LogP contribution in [-0.2, 0) is 6.54 Å². The molecule has 27 heavy (non-hydrogen) atoms. The molecule has 0 saturated heterocycles. The molecule has 0 fully saturated rings. The molecule has 0 spiro atoms. The molecular weight excluding hydrogens is 336 g/mol. The molecule has 0 unspecified atom stereocenters. The normalized spacial score (nSPS) is 11.1. The molecule has 0 saturated carbocycles. The number of rotatable bonds is 4. The number of hydrogen-bond acceptors (Lipinski definition) is 4. The van der Waals surface area contributed by atoms with E-state index < -0.39 is 0 Å². The maximum atomic E-state index is 4.75. The first-order valence-corrected chi connectivity index (χ1v) is 8.69. The van der Waals surface area contributed by atoms with Gasteiger partial charge < -0.3 is 4.98 Å². The van der Waals surface area contributed by atoms with Crippen molar-refractivity contribution in [2.24, 2.45) is 0 Å². The van der Waals surface area contributed by atoms with Crippen LogP contribution in [0.5, 0.6) is 0 Å². The van der Waals surface area contributed by atoms with E-state index in [1.165, 1.54) is 0 Å². The molecule has 0 bridgehead atoms. The number of aromatic nitrogens is 6. The summed E-state index contributed by atoms with van der Waals surface area (Å²) in [6, 6.07) is 18.1. The maximum absolute atomic E-state index is 4.75. The largest absolute Gasteiger partial charge is 0.335 e. The standard InChI is InChI=1S/C21H16N6/c1-2-11-23-18(5-1)16-6-8-17(9-7-16)20-25-19-13-24-27(21(19)26-20)14-15-4-3-10-22-12-15/h1-13H,14H2,(H,25,26). The van der Waals surface area contributed by atoms with Crippen molar-refractivity contribution in [3.05, 3.63) is 84.9 Å². The van der Waals surface area contributed by atoms with Crippen LogP contribution in [0.25, 0.3) is 33.8 Å². The van der Waals surface area contributed by atoms with Crippen molar-refractivity contribution in [2.75, 3.05) is 0 Å². The number of H-pyrrole nitrogens is 1. The molecule has 0 aliphatic heterocycles. The Bertz CT molecular complexity index is 1170. The van der Waals surface area contributed by atoms with Crippen molar-refractivity contribution >= 4 is 11.2 Å². The van der Waals surface area contributed by atoms with Gasteiger partial charge in [-0.25, -0.2) is 9.67 Å². The predicted octanol–water partition coefficient (Wildman–Crippen LogP) is 3.93. The molecule has 5 rings (SSSR count). The molecule has 4 aromatic heterocycles. The molecule has 6 nitrogen and oxygen atoms in total. The number of hydrogen-bond donors (Lipinski definition) is 1. The Morgan fingerprint density at radius 1 is 0.852 bits per heavy atom. The Labute approximate surface area is 155 Å². The van der Waals surface area contributed by atoms with Gasteiger partial charge in [0.05, 0.1) is 18.4 Å². The van der Waals surface area contributed by atoms with E-state index in [0.717, 1.165) is 39.4 Å². The summed E-state index contributed by atoms with van der Waals surface area (Å²) < 4.78 is 1.88. The number of nitrogens with one attached hydrogen (secondary N) is 1. The Morgan fingerprint density at radius 2 is 1.74 bits per heavy atom. The topological polar surface area (TPSA) is 72.3 Å². The van der Waals surface area contributed by atoms with E-state index in [1.807, 2.05) is 47.4 Å². The SMILES string of the molecule is c1ccc(-c2ccc(-c3nc4c(cnn4Cc4cccnc4)[nH]3)cc2)nc1. The fourth-order valence-corrected chi connectivity index (χ4v) is 3.10. The monoisotopic (exact) mass is 352 g/mol. The number of imidazole rings is 1. The van der Waals surface area contributed by atoms with E-state index >= 15 is 0 Å². The average molecular weight is 352 g/mol. The van der Waals surface area contributed by atoms with Crippen molar-refractivity contribution in [3.8, 4) is 22.6 Å². The lowest BCUT2D eigenvalue weighted by molar-refractivity contribution is 0.702. The van der Waals surface area contributed by atoms with Gasteiger partial charge in [-0.3, -0.25) is 9.97 Å². The van der Waals surface area contributed by atoms with Crippen molar-refractivity contribution in [3.63, 3.8) is 0 Å². The fourth-order valence-electron chi connectivity index (χ4n) is 3.10. The summed E-state index contributed by atoms with van der Waals surface area (Å²) in [5.74, 6) is 0.829. The van der Waals surface area contributed by atoms with Gasteiger partial charge in [0.2, 0.25) is 0 Å². The van der Waals surface area contributed by atoms with Gasteiger partial charge in [-0.1, -0.05) is 36.4 Å². The molecule has 0 radical (unpaired) electrons. The van der Waals surface area contributed by atoms with Gasteiger partial charge in [-0.2, -0.15) is 5.10 Å². The summed E-state index contributed by atoms with van der Waals surface area (Å²) in [4.78, 5) is 16.6. The summed E-state index contributed by atoms with van der Waals surface area (Å²) in [7, 11) is 0. The van der Waals surface area contributed by atoms with E-state index in [-0.39, 0.29) is 0 Å². The lowest BCUT2D eigenvalue weighted by atomic mass is 10.1. The first kappa shape index (κ1) is 15.5. The molecular formula is C21H16N6. The van der Waals surface area contributed by atoms with Crippen molar-refractivity contribution < 1.29 is 0 Å². The Hall–Kier alpha value is -3.80. The third kappa shape index (κ3) is 2.97. The molecule has 4 heterocycles. The number of nitrogens with zero attached hydrogens (tertiary/aromatic N) is 5. The van der Waals surface area contributed by atoms with Crippen LogP contribution in [0.1, 0.15) is 5.56 Å². The highest BCUT2D eigenvalue weighted by molar-refractivity contribution is 5.76. The molecule has 1 aromatic carbocycles. The summed E-state index contributed by atoms with van der Waals surface area (Å²) >= 11 is 0. The predicted molar refractivity (Wildman–Crippen MR) is 104 cm³/mol. The second-order valence-electron chi connectivity index (χ2n) is 6.28. The zero-order chi connectivity index (χ0) is 18.1. The minimum absolute atomic E-state index is 0.639. The first-order valence-electron chi connectivity index (χ1n) is 8.69. The Kier molecular flexibility index (Phi) is 3.72. The van der Waals surface area contributed by atoms with Crippen LogP contribution in [0.3, 0.4) is 0 Å². The van der Waals surface area contributed by atoms with Gasteiger partial charge in [-0.05, 0) is 23.8 Å². The highest BCUT2D eigenvalue weighted by Crippen LogP contribution is 2.24. The summed E-state index contributed by atoms with van der Waals surface area (Å²) in [5, 5.41) is 4.43. The number of aromatic amines is 1. The minimum Gasteiger partial charge on any atom is -0.335 e. The van der Waals surface area contributed by atoms with E-state index in [9.17, 15) is 0 Å². The molecule has 6 heteroatoms. The maximum Gasteiger partial charge on any atom is 0.177 e. The van der Waals surface area contributed by atoms with E-state index in [4.69, 9.17) is 4.98 Å². The van der Waals surface area contributed by atoms with Crippen LogP contribution in [-0.4, -0.2) is 29.7 Å². The van der Waals surface area contributed by atoms with Crippen LogP contribution in [0.2, 0.25) is 0 Å². The number of pyridine rings is 2. The second-order valence-corrected chi connectivity index (χ2v) is 6.28. The van der Waals surface area contributed by atoms with Gasteiger partial charge in [0, 0.05) is 29.7 Å². The lowest BCUT2D eigenvalue weighted by Crippen LogP contribution is -2.02. The molecule has 5 aromatic rings. The van der Waals surface area contributed by atoms with Crippen LogP contribution in [0.15, 0.2) is 79.4 Å². The summed E-state index contributed by atoms with van der Waals surface area (Å²) in [6.07, 6.45) is 7.22. The van der Waals surface area contributed by atoms with Gasteiger partial charge >= 0.3 is 0 Å². The minimum atomic E-state index is 0.639. The fraction of sp³-hybridized carbons (Fsp3) is 0.0476. The van der Waals surface area contributed by atoms with E-state index in [2.05, 4.69) is 44.3 Å². The lowest BCUT2D eigenvalue weighted by Gasteiger charge is -2.02. The van der Waals surface area contributed by atoms with Crippen molar-refractivity contribution in [2.45, 2.75) is 6.54 Å². The Morgan fingerprint density at radius 3 is 2.52 bits per heavy atom. The molecule has 0 aliphatic rings. The van der Waals surface area contributed by atoms with Gasteiger partial charge in [-0.15, -0.1) is 0 Å². The highest BCUT2D eigenvalue weighted by Gasteiger charge is 2.11.